The van der Waals surface area contributed by atoms with E-state index in [0.29, 0.717) is 11.7 Å². The number of hydrogen-bond donors (Lipinski definition) is 2. The molecule has 0 amide bonds. The second-order valence-corrected chi connectivity index (χ2v) is 7.76. The molecule has 0 saturated carbocycles. The smallest absolute Gasteiger partial charge is 0.205 e. The molecule has 0 bridgehead atoms. The van der Waals surface area contributed by atoms with Crippen molar-refractivity contribution in [1.82, 2.24) is 24.8 Å². The van der Waals surface area contributed by atoms with Crippen molar-refractivity contribution in [3.8, 4) is 0 Å². The van der Waals surface area contributed by atoms with Gasteiger partial charge in [0.05, 0.1) is 13.2 Å². The van der Waals surface area contributed by atoms with Gasteiger partial charge in [0.25, 0.3) is 0 Å². The molecule has 2 aliphatic heterocycles. The first-order valence-corrected chi connectivity index (χ1v) is 10.4. The van der Waals surface area contributed by atoms with Crippen molar-refractivity contribution >= 4 is 22.9 Å². The van der Waals surface area contributed by atoms with Gasteiger partial charge in [-0.15, -0.1) is 0 Å². The van der Waals surface area contributed by atoms with Crippen LogP contribution in [0.4, 0.5) is 11.8 Å². The van der Waals surface area contributed by atoms with E-state index < -0.39 is 0 Å². The van der Waals surface area contributed by atoms with Gasteiger partial charge in [-0.25, -0.2) is 9.97 Å². The predicted molar refractivity (Wildman–Crippen MR) is 113 cm³/mol. The average Bonchev–Trinajstić information content (AvgIpc) is 3.22. The summed E-state index contributed by atoms with van der Waals surface area (Å²) in [5.74, 6) is 1.70. The number of nitrogens with one attached hydrogen (secondary N) is 2. The summed E-state index contributed by atoms with van der Waals surface area (Å²) in [5.41, 5.74) is 2.98. The molecule has 8 nitrogen and oxygen atoms in total. The van der Waals surface area contributed by atoms with Gasteiger partial charge in [0.15, 0.2) is 11.5 Å². The number of ether oxygens (including phenoxy) is 1. The summed E-state index contributed by atoms with van der Waals surface area (Å²) in [6, 6.07) is 11.1. The Labute approximate surface area is 170 Å². The van der Waals surface area contributed by atoms with Crippen LogP contribution < -0.4 is 10.2 Å². The molecular formula is C21H27N7O. The number of piperidine rings is 1. The third kappa shape index (κ3) is 4.18. The molecule has 29 heavy (non-hydrogen) atoms. The summed E-state index contributed by atoms with van der Waals surface area (Å²) >= 11 is 0. The van der Waals surface area contributed by atoms with Gasteiger partial charge in [-0.3, -0.25) is 4.90 Å². The van der Waals surface area contributed by atoms with Crippen LogP contribution >= 0.6 is 0 Å². The lowest BCUT2D eigenvalue weighted by molar-refractivity contribution is 0.122. The Balaban J connectivity index is 1.23. The van der Waals surface area contributed by atoms with E-state index in [1.807, 2.05) is 0 Å². The molecule has 3 aromatic rings. The molecule has 2 saturated heterocycles. The van der Waals surface area contributed by atoms with Gasteiger partial charge in [0, 0.05) is 38.8 Å². The van der Waals surface area contributed by atoms with Gasteiger partial charge in [0.2, 0.25) is 5.95 Å². The van der Waals surface area contributed by atoms with E-state index >= 15 is 0 Å². The topological polar surface area (TPSA) is 82.2 Å². The minimum absolute atomic E-state index is 0.412. The number of rotatable bonds is 5. The minimum atomic E-state index is 0.412. The monoisotopic (exact) mass is 393 g/mol. The van der Waals surface area contributed by atoms with Crippen LogP contribution in [-0.4, -0.2) is 70.3 Å². The molecule has 0 radical (unpaired) electrons. The lowest BCUT2D eigenvalue weighted by Crippen LogP contribution is -2.38. The van der Waals surface area contributed by atoms with Crippen LogP contribution in [0.25, 0.3) is 11.2 Å². The first kappa shape index (κ1) is 18.3. The number of aromatic nitrogens is 4. The van der Waals surface area contributed by atoms with Crippen molar-refractivity contribution in [2.24, 2.45) is 0 Å². The van der Waals surface area contributed by atoms with Gasteiger partial charge in [-0.1, -0.05) is 30.3 Å². The van der Waals surface area contributed by atoms with E-state index in [1.165, 1.54) is 5.56 Å². The van der Waals surface area contributed by atoms with E-state index in [4.69, 9.17) is 4.74 Å². The second kappa shape index (κ2) is 8.34. The molecule has 0 unspecified atom stereocenters. The van der Waals surface area contributed by atoms with Crippen molar-refractivity contribution in [1.29, 1.82) is 0 Å². The van der Waals surface area contributed by atoms with Crippen LogP contribution in [0.15, 0.2) is 36.7 Å². The van der Waals surface area contributed by atoms with E-state index in [2.05, 4.69) is 65.4 Å². The number of hydrogen-bond acceptors (Lipinski definition) is 7. The first-order valence-electron chi connectivity index (χ1n) is 10.4. The molecule has 0 atom stereocenters. The Bertz CT molecular complexity index is 931. The van der Waals surface area contributed by atoms with Crippen molar-refractivity contribution in [3.05, 3.63) is 42.2 Å². The summed E-state index contributed by atoms with van der Waals surface area (Å²) < 4.78 is 5.44. The van der Waals surface area contributed by atoms with Crippen LogP contribution in [0, 0.1) is 0 Å². The van der Waals surface area contributed by atoms with Crippen molar-refractivity contribution in [3.63, 3.8) is 0 Å². The lowest BCUT2D eigenvalue weighted by atomic mass is 10.0. The molecule has 1 aromatic carbocycles. The van der Waals surface area contributed by atoms with Gasteiger partial charge in [-0.2, -0.15) is 4.98 Å². The Hall–Kier alpha value is -2.71. The van der Waals surface area contributed by atoms with Crippen molar-refractivity contribution < 1.29 is 4.74 Å². The molecule has 8 heteroatoms. The molecule has 152 valence electrons. The van der Waals surface area contributed by atoms with Gasteiger partial charge < -0.3 is 19.9 Å². The largest absolute Gasteiger partial charge is 0.378 e. The number of aromatic amines is 1. The van der Waals surface area contributed by atoms with Gasteiger partial charge >= 0.3 is 0 Å². The Morgan fingerprint density at radius 1 is 1.03 bits per heavy atom. The first-order chi connectivity index (χ1) is 14.3. The molecule has 4 heterocycles. The second-order valence-electron chi connectivity index (χ2n) is 7.76. The maximum Gasteiger partial charge on any atom is 0.205 e. The molecule has 2 aliphatic rings. The molecule has 2 fully saturated rings. The summed E-state index contributed by atoms with van der Waals surface area (Å²) in [6.07, 6.45) is 3.80. The molecular weight excluding hydrogens is 366 g/mol. The Morgan fingerprint density at radius 2 is 1.83 bits per heavy atom. The maximum atomic E-state index is 5.44. The van der Waals surface area contributed by atoms with E-state index in [0.717, 1.165) is 76.1 Å². The SMILES string of the molecule is c1ccc(CN2CCC(Nc3ncnc4nc(N5CCOCC5)[nH]c34)CC2)cc1. The van der Waals surface area contributed by atoms with Gasteiger partial charge in [0.1, 0.15) is 11.8 Å². The fraction of sp³-hybridized carbons (Fsp3) is 0.476. The highest BCUT2D eigenvalue weighted by atomic mass is 16.5. The number of likely N-dealkylation sites (tertiary alicyclic amines) is 1. The van der Waals surface area contributed by atoms with Crippen molar-refractivity contribution in [2.75, 3.05) is 49.6 Å². The lowest BCUT2D eigenvalue weighted by Gasteiger charge is -2.32. The highest BCUT2D eigenvalue weighted by molar-refractivity contribution is 5.84. The number of fused-ring (bicyclic) bond motifs is 1. The number of anilines is 2. The number of H-pyrrole nitrogens is 1. The molecule has 2 aromatic heterocycles. The van der Waals surface area contributed by atoms with Crippen LogP contribution in [0.1, 0.15) is 18.4 Å². The Kier molecular flexibility index (Phi) is 5.27. The Morgan fingerprint density at radius 3 is 2.62 bits per heavy atom. The third-order valence-electron chi connectivity index (χ3n) is 5.76. The summed E-state index contributed by atoms with van der Waals surface area (Å²) in [4.78, 5) is 21.7. The van der Waals surface area contributed by atoms with E-state index in [-0.39, 0.29) is 0 Å². The highest BCUT2D eigenvalue weighted by Crippen LogP contribution is 2.24. The van der Waals surface area contributed by atoms with E-state index in [1.54, 1.807) is 6.33 Å². The number of morpholine rings is 1. The number of benzene rings is 1. The van der Waals surface area contributed by atoms with Crippen LogP contribution in [0.2, 0.25) is 0 Å². The number of imidazole rings is 1. The highest BCUT2D eigenvalue weighted by Gasteiger charge is 2.22. The fourth-order valence-corrected chi connectivity index (χ4v) is 4.12. The van der Waals surface area contributed by atoms with Crippen molar-refractivity contribution in [2.45, 2.75) is 25.4 Å². The van der Waals surface area contributed by atoms with Crippen LogP contribution in [-0.2, 0) is 11.3 Å². The fourth-order valence-electron chi connectivity index (χ4n) is 4.12. The zero-order valence-corrected chi connectivity index (χ0v) is 16.5. The molecule has 2 N–H and O–H groups in total. The molecule has 0 aliphatic carbocycles. The number of nitrogens with zero attached hydrogens (tertiary/aromatic N) is 5. The van der Waals surface area contributed by atoms with Gasteiger partial charge in [-0.05, 0) is 18.4 Å². The maximum absolute atomic E-state index is 5.44. The van der Waals surface area contributed by atoms with Crippen LogP contribution in [0.5, 0.6) is 0 Å². The van der Waals surface area contributed by atoms with Crippen LogP contribution in [0.3, 0.4) is 0 Å². The predicted octanol–water partition coefficient (Wildman–Crippen LogP) is 2.27. The molecule has 5 rings (SSSR count). The summed E-state index contributed by atoms with van der Waals surface area (Å²) in [7, 11) is 0. The zero-order chi connectivity index (χ0) is 19.5. The standard InChI is InChI=1S/C21H27N7O/c1-2-4-16(5-3-1)14-27-8-6-17(7-9-27)24-19-18-20(23-15-22-19)26-21(25-18)28-10-12-29-13-11-28/h1-5,15,17H,6-14H2,(H2,22,23,24,25,26). The molecule has 0 spiro atoms. The third-order valence-corrected chi connectivity index (χ3v) is 5.76. The normalized spacial score (nSPS) is 19.0. The quantitative estimate of drug-likeness (QED) is 0.688. The average molecular weight is 393 g/mol. The summed E-state index contributed by atoms with van der Waals surface area (Å²) in [6.45, 7) is 6.34. The van der Waals surface area contributed by atoms with E-state index in [9.17, 15) is 0 Å². The zero-order valence-electron chi connectivity index (χ0n) is 16.5. The minimum Gasteiger partial charge on any atom is -0.378 e. The summed E-state index contributed by atoms with van der Waals surface area (Å²) in [5, 5.41) is 3.63.